The van der Waals surface area contributed by atoms with Crippen LogP contribution in [0.5, 0.6) is 0 Å². The molecule has 0 saturated heterocycles. The van der Waals surface area contributed by atoms with Gasteiger partial charge in [-0.1, -0.05) is 0 Å². The fourth-order valence-electron chi connectivity index (χ4n) is 1.58. The summed E-state index contributed by atoms with van der Waals surface area (Å²) in [6.45, 7) is 3.60. The van der Waals surface area contributed by atoms with Crippen LogP contribution in [-0.2, 0) is 9.53 Å². The zero-order valence-electron chi connectivity index (χ0n) is 11.5. The number of carbonyl (C=O) groups excluding carboxylic acids is 1. The van der Waals surface area contributed by atoms with Crippen molar-refractivity contribution in [1.82, 2.24) is 0 Å². The van der Waals surface area contributed by atoms with Crippen molar-refractivity contribution < 1.29 is 9.53 Å². The van der Waals surface area contributed by atoms with E-state index in [-0.39, 0.29) is 27.0 Å². The average Bonchev–Trinajstić information content (AvgIpc) is 2.39. The van der Waals surface area contributed by atoms with Gasteiger partial charge in [-0.3, -0.25) is 0 Å². The molecule has 0 saturated carbocycles. The quantitative estimate of drug-likeness (QED) is 0.348. The Bertz CT molecular complexity index is 431. The van der Waals surface area contributed by atoms with Crippen LogP contribution >= 0.6 is 0 Å². The zero-order valence-corrected chi connectivity index (χ0v) is 13.2. The number of hydrogen-bond acceptors (Lipinski definition) is 2. The molecule has 1 unspecified atom stereocenters. The molecule has 2 nitrogen and oxygen atoms in total. The van der Waals surface area contributed by atoms with Crippen LogP contribution in [0.3, 0.4) is 0 Å². The van der Waals surface area contributed by atoms with Crippen LogP contribution in [0.2, 0.25) is 0 Å². The van der Waals surface area contributed by atoms with Gasteiger partial charge in [-0.2, -0.15) is 0 Å². The summed E-state index contributed by atoms with van der Waals surface area (Å²) in [6.07, 6.45) is 3.97. The van der Waals surface area contributed by atoms with Gasteiger partial charge in [0.2, 0.25) is 0 Å². The van der Waals surface area contributed by atoms with Gasteiger partial charge in [-0.15, -0.1) is 0 Å². The first-order valence-electron chi connectivity index (χ1n) is 6.62. The van der Waals surface area contributed by atoms with Crippen LogP contribution in [0.15, 0.2) is 30.3 Å². The van der Waals surface area contributed by atoms with Gasteiger partial charge in [0.15, 0.2) is 0 Å². The van der Waals surface area contributed by atoms with Crippen molar-refractivity contribution in [2.24, 2.45) is 0 Å². The molecule has 1 aromatic carbocycles. The van der Waals surface area contributed by atoms with E-state index in [2.05, 4.69) is 29.8 Å². The molecule has 0 bridgehead atoms. The minimum atomic E-state index is -0.247. The summed E-state index contributed by atoms with van der Waals surface area (Å²) in [7, 11) is 0. The van der Waals surface area contributed by atoms with Crippen LogP contribution in [0.25, 0.3) is 0 Å². The van der Waals surface area contributed by atoms with Gasteiger partial charge in [-0.05, 0) is 0 Å². The number of benzene rings is 1. The summed E-state index contributed by atoms with van der Waals surface area (Å²) in [6, 6.07) is 10.2. The molecule has 0 amide bonds. The molecule has 0 radical (unpaired) electrons. The second-order valence-electron chi connectivity index (χ2n) is 4.26. The Morgan fingerprint density at radius 1 is 1.32 bits per heavy atom. The van der Waals surface area contributed by atoms with E-state index in [1.807, 2.05) is 18.2 Å². The van der Waals surface area contributed by atoms with Crippen LogP contribution in [0.4, 0.5) is 0 Å². The fraction of sp³-hybridized carbons (Fsp3) is 0.438. The molecule has 19 heavy (non-hydrogen) atoms. The van der Waals surface area contributed by atoms with Crippen LogP contribution < -0.4 is 4.46 Å². The third kappa shape index (κ3) is 7.72. The number of rotatable bonds is 6. The molecule has 0 aliphatic carbocycles. The van der Waals surface area contributed by atoms with Crippen molar-refractivity contribution in [3.8, 4) is 10.7 Å². The number of ether oxygens (including phenoxy) is 1. The third-order valence-electron chi connectivity index (χ3n) is 2.51. The van der Waals surface area contributed by atoms with Crippen molar-refractivity contribution >= 4 is 25.4 Å². The van der Waals surface area contributed by atoms with E-state index in [1.165, 1.54) is 11.4 Å². The number of esters is 1. The fourth-order valence-corrected chi connectivity index (χ4v) is 2.85. The van der Waals surface area contributed by atoms with Gasteiger partial charge >= 0.3 is 122 Å². The van der Waals surface area contributed by atoms with E-state index >= 15 is 0 Å². The Morgan fingerprint density at radius 3 is 2.68 bits per heavy atom. The van der Waals surface area contributed by atoms with Gasteiger partial charge < -0.3 is 0 Å². The second-order valence-corrected chi connectivity index (χ2v) is 6.10. The normalized spacial score (nSPS) is 11.3. The molecule has 1 aromatic rings. The molecule has 3 heteroatoms. The maximum atomic E-state index is 11.0. The van der Waals surface area contributed by atoms with E-state index < -0.39 is 0 Å². The second kappa shape index (κ2) is 9.67. The molecule has 0 heterocycles. The van der Waals surface area contributed by atoms with Crippen molar-refractivity contribution in [1.29, 1.82) is 0 Å². The molecule has 0 aromatic heterocycles. The SMILES string of the molecule is CCCCCC(C#C[Se]c1ccccc1)OC(C)=O. The summed E-state index contributed by atoms with van der Waals surface area (Å²) in [5, 5.41) is 0. The Balaban J connectivity index is 2.49. The van der Waals surface area contributed by atoms with Crippen molar-refractivity contribution in [2.75, 3.05) is 0 Å². The third-order valence-corrected chi connectivity index (χ3v) is 4.04. The minimum absolute atomic E-state index is 0.129. The van der Waals surface area contributed by atoms with Gasteiger partial charge in [0.1, 0.15) is 0 Å². The first-order chi connectivity index (χ1) is 9.22. The monoisotopic (exact) mass is 324 g/mol. The Hall–Kier alpha value is -1.23. The van der Waals surface area contributed by atoms with Gasteiger partial charge in [0.25, 0.3) is 0 Å². The van der Waals surface area contributed by atoms with E-state index in [0.717, 1.165) is 25.7 Å². The van der Waals surface area contributed by atoms with E-state index in [9.17, 15) is 4.79 Å². The summed E-state index contributed by atoms with van der Waals surface area (Å²) >= 11 is 0.129. The predicted octanol–water partition coefficient (Wildman–Crippen LogP) is 2.49. The number of carbonyl (C=O) groups is 1. The summed E-state index contributed by atoms with van der Waals surface area (Å²) in [5.41, 5.74) is 0. The molecule has 0 N–H and O–H groups in total. The van der Waals surface area contributed by atoms with E-state index in [4.69, 9.17) is 4.74 Å². The van der Waals surface area contributed by atoms with Crippen molar-refractivity contribution in [3.05, 3.63) is 30.3 Å². The van der Waals surface area contributed by atoms with Crippen LogP contribution in [0, 0.1) is 10.7 Å². The van der Waals surface area contributed by atoms with Gasteiger partial charge in [0.05, 0.1) is 0 Å². The molecular weight excluding hydrogens is 303 g/mol. The summed E-state index contributed by atoms with van der Waals surface area (Å²) in [5.74, 6) is 2.85. The maximum absolute atomic E-state index is 11.0. The molecule has 0 aliphatic rings. The zero-order chi connectivity index (χ0) is 13.9. The molecule has 1 atom stereocenters. The van der Waals surface area contributed by atoms with Gasteiger partial charge in [-0.25, -0.2) is 0 Å². The van der Waals surface area contributed by atoms with Crippen molar-refractivity contribution in [3.63, 3.8) is 0 Å². The van der Waals surface area contributed by atoms with E-state index in [1.54, 1.807) is 0 Å². The Kier molecular flexibility index (Phi) is 8.05. The first-order valence-corrected chi connectivity index (χ1v) is 8.33. The summed E-state index contributed by atoms with van der Waals surface area (Å²) < 4.78 is 6.48. The number of unbranched alkanes of at least 4 members (excludes halogenated alkanes) is 2. The molecule has 102 valence electrons. The molecule has 0 spiro atoms. The molecule has 0 aliphatic heterocycles. The molecule has 1 rings (SSSR count). The Morgan fingerprint density at radius 2 is 2.05 bits per heavy atom. The van der Waals surface area contributed by atoms with Gasteiger partial charge in [0, 0.05) is 0 Å². The topological polar surface area (TPSA) is 26.3 Å². The molecular formula is C16H20O2Se. The Labute approximate surface area is 122 Å². The standard InChI is InChI=1S/C16H20O2Se/c1-3-4-6-9-15(18-14(2)17)12-13-19-16-10-7-5-8-11-16/h5,7-8,10-11,15H,3-4,6,9H2,1-2H3. The average molecular weight is 323 g/mol. The number of hydrogen-bond donors (Lipinski definition) is 0. The first kappa shape index (κ1) is 15.8. The molecule has 0 fully saturated rings. The van der Waals surface area contributed by atoms with E-state index in [0.29, 0.717) is 0 Å². The van der Waals surface area contributed by atoms with Crippen molar-refractivity contribution in [2.45, 2.75) is 45.6 Å². The summed E-state index contributed by atoms with van der Waals surface area (Å²) in [4.78, 5) is 14.2. The predicted molar refractivity (Wildman–Crippen MR) is 79.3 cm³/mol. The van der Waals surface area contributed by atoms with Crippen LogP contribution in [-0.4, -0.2) is 27.0 Å². The van der Waals surface area contributed by atoms with Crippen LogP contribution in [0.1, 0.15) is 39.5 Å².